The molecular formula is C18H21N5O3. The van der Waals surface area contributed by atoms with E-state index in [9.17, 15) is 4.79 Å². The summed E-state index contributed by atoms with van der Waals surface area (Å²) < 4.78 is 12.3. The van der Waals surface area contributed by atoms with Crippen LogP contribution in [0.4, 0.5) is 5.69 Å². The molecule has 0 aliphatic carbocycles. The first-order chi connectivity index (χ1) is 12.6. The fourth-order valence-corrected chi connectivity index (χ4v) is 3.42. The van der Waals surface area contributed by atoms with Gasteiger partial charge in [-0.3, -0.25) is 4.79 Å². The third kappa shape index (κ3) is 2.82. The zero-order valence-corrected chi connectivity index (χ0v) is 14.8. The maximum atomic E-state index is 12.9. The summed E-state index contributed by atoms with van der Waals surface area (Å²) >= 11 is 0. The molecule has 1 saturated heterocycles. The summed E-state index contributed by atoms with van der Waals surface area (Å²) in [6, 6.07) is 5.42. The van der Waals surface area contributed by atoms with Crippen LogP contribution in [0.2, 0.25) is 0 Å². The summed E-state index contributed by atoms with van der Waals surface area (Å²) in [6.07, 6.45) is 3.59. The van der Waals surface area contributed by atoms with Gasteiger partial charge in [0.15, 0.2) is 11.4 Å². The molecule has 0 bridgehead atoms. The smallest absolute Gasteiger partial charge is 0.255 e. The van der Waals surface area contributed by atoms with Crippen LogP contribution in [0.5, 0.6) is 0 Å². The molecule has 1 fully saturated rings. The van der Waals surface area contributed by atoms with Gasteiger partial charge in [-0.25, -0.2) is 9.50 Å². The second kappa shape index (κ2) is 6.45. The molecule has 1 atom stereocenters. The lowest BCUT2D eigenvalue weighted by Crippen LogP contribution is -2.38. The number of aryl methyl sites for hydroxylation is 1. The number of nitrogens with zero attached hydrogens (tertiary/aromatic N) is 4. The van der Waals surface area contributed by atoms with Crippen molar-refractivity contribution in [3.05, 3.63) is 35.7 Å². The van der Waals surface area contributed by atoms with Crippen molar-refractivity contribution in [2.24, 2.45) is 0 Å². The van der Waals surface area contributed by atoms with E-state index in [1.807, 2.05) is 24.0 Å². The van der Waals surface area contributed by atoms with Crippen LogP contribution in [-0.2, 0) is 4.74 Å². The normalized spacial score (nSPS) is 17.3. The van der Waals surface area contributed by atoms with Crippen LogP contribution in [-0.4, -0.2) is 51.7 Å². The summed E-state index contributed by atoms with van der Waals surface area (Å²) in [5.74, 6) is 1.72. The van der Waals surface area contributed by atoms with Gasteiger partial charge < -0.3 is 19.8 Å². The highest BCUT2D eigenvalue weighted by molar-refractivity contribution is 5.96. The number of fused-ring (bicyclic) bond motifs is 1. The van der Waals surface area contributed by atoms with Crippen molar-refractivity contribution in [2.45, 2.75) is 25.8 Å². The quantitative estimate of drug-likeness (QED) is 0.770. The number of nitrogens with two attached hydrogens (primary N) is 1. The first kappa shape index (κ1) is 16.6. The molecule has 4 heterocycles. The summed E-state index contributed by atoms with van der Waals surface area (Å²) in [7, 11) is 1.65. The van der Waals surface area contributed by atoms with Crippen LogP contribution in [0.25, 0.3) is 17.2 Å². The Morgan fingerprint density at radius 1 is 1.46 bits per heavy atom. The van der Waals surface area contributed by atoms with E-state index in [1.54, 1.807) is 19.4 Å². The van der Waals surface area contributed by atoms with Crippen molar-refractivity contribution in [2.75, 3.05) is 26.0 Å². The summed E-state index contributed by atoms with van der Waals surface area (Å²) in [5.41, 5.74) is 7.53. The lowest BCUT2D eigenvalue weighted by Gasteiger charge is -2.24. The Morgan fingerprint density at radius 3 is 3.04 bits per heavy atom. The van der Waals surface area contributed by atoms with Gasteiger partial charge in [0.2, 0.25) is 5.82 Å². The molecule has 3 aromatic rings. The van der Waals surface area contributed by atoms with Gasteiger partial charge in [-0.1, -0.05) is 0 Å². The molecule has 1 aliphatic rings. The Kier molecular flexibility index (Phi) is 4.12. The van der Waals surface area contributed by atoms with Crippen LogP contribution in [0, 0.1) is 6.92 Å². The Bertz CT molecular complexity index is 961. The molecule has 8 nitrogen and oxygen atoms in total. The van der Waals surface area contributed by atoms with Gasteiger partial charge >= 0.3 is 0 Å². The van der Waals surface area contributed by atoms with Crippen LogP contribution in [0.3, 0.4) is 0 Å². The highest BCUT2D eigenvalue weighted by atomic mass is 16.5. The number of furan rings is 1. The van der Waals surface area contributed by atoms with E-state index < -0.39 is 0 Å². The Morgan fingerprint density at radius 2 is 2.31 bits per heavy atom. The van der Waals surface area contributed by atoms with Crippen molar-refractivity contribution in [3.63, 3.8) is 0 Å². The number of hydrogen-bond donors (Lipinski definition) is 1. The third-order valence-corrected chi connectivity index (χ3v) is 4.67. The number of anilines is 1. The molecule has 0 saturated carbocycles. The van der Waals surface area contributed by atoms with E-state index in [0.29, 0.717) is 35.1 Å². The van der Waals surface area contributed by atoms with Crippen molar-refractivity contribution in [3.8, 4) is 11.6 Å². The van der Waals surface area contributed by atoms with E-state index in [2.05, 4.69) is 10.1 Å². The second-order valence-electron chi connectivity index (χ2n) is 6.55. The molecule has 1 unspecified atom stereocenters. The Hall–Kier alpha value is -2.87. The fraction of sp³-hybridized carbons (Fsp3) is 0.389. The first-order valence-electron chi connectivity index (χ1n) is 8.59. The molecule has 4 rings (SSSR count). The van der Waals surface area contributed by atoms with E-state index >= 15 is 0 Å². The first-order valence-corrected chi connectivity index (χ1v) is 8.59. The molecule has 26 heavy (non-hydrogen) atoms. The van der Waals surface area contributed by atoms with Gasteiger partial charge in [0.05, 0.1) is 23.9 Å². The molecule has 136 valence electrons. The van der Waals surface area contributed by atoms with Gasteiger partial charge in [0, 0.05) is 19.9 Å². The monoisotopic (exact) mass is 355 g/mol. The van der Waals surface area contributed by atoms with Crippen LogP contribution in [0.1, 0.15) is 29.0 Å². The predicted octanol–water partition coefficient (Wildman–Crippen LogP) is 2.13. The number of hydrogen-bond acceptors (Lipinski definition) is 6. The molecular weight excluding hydrogens is 334 g/mol. The molecule has 0 spiro atoms. The standard InChI is InChI=1S/C18H21N5O3/c1-11-5-6-15(26-11)16-20-17-14(19)8-12(9-23(17)21-16)18(24)22-7-3-4-13(22)10-25-2/h5-6,8-9,13H,3-4,7,10,19H2,1-2H3. The minimum absolute atomic E-state index is 0.0657. The number of pyridine rings is 1. The average molecular weight is 355 g/mol. The lowest BCUT2D eigenvalue weighted by molar-refractivity contribution is 0.0630. The van der Waals surface area contributed by atoms with Gasteiger partial charge in [-0.15, -0.1) is 5.10 Å². The number of aromatic nitrogens is 3. The van der Waals surface area contributed by atoms with Crippen molar-refractivity contribution < 1.29 is 13.9 Å². The lowest BCUT2D eigenvalue weighted by atomic mass is 10.2. The highest BCUT2D eigenvalue weighted by Crippen LogP contribution is 2.24. The summed E-state index contributed by atoms with van der Waals surface area (Å²) in [5, 5.41) is 4.42. The van der Waals surface area contributed by atoms with E-state index in [-0.39, 0.29) is 11.9 Å². The van der Waals surface area contributed by atoms with Gasteiger partial charge in [-0.05, 0) is 38.0 Å². The SMILES string of the molecule is COCC1CCCN1C(=O)c1cc(N)c2nc(-c3ccc(C)o3)nn2c1. The molecule has 1 amide bonds. The van der Waals surface area contributed by atoms with E-state index in [4.69, 9.17) is 14.9 Å². The average Bonchev–Trinajstić information content (AvgIpc) is 3.33. The largest absolute Gasteiger partial charge is 0.458 e. The van der Waals surface area contributed by atoms with Crippen molar-refractivity contribution in [1.29, 1.82) is 0 Å². The molecule has 0 radical (unpaired) electrons. The zero-order valence-electron chi connectivity index (χ0n) is 14.8. The topological polar surface area (TPSA) is 98.9 Å². The molecule has 0 aromatic carbocycles. The maximum absolute atomic E-state index is 12.9. The summed E-state index contributed by atoms with van der Waals surface area (Å²) in [6.45, 7) is 3.12. The number of carbonyl (C=O) groups is 1. The predicted molar refractivity (Wildman–Crippen MR) is 95.8 cm³/mol. The Balaban J connectivity index is 1.69. The third-order valence-electron chi connectivity index (χ3n) is 4.67. The van der Waals surface area contributed by atoms with Crippen LogP contribution >= 0.6 is 0 Å². The number of rotatable bonds is 4. The minimum atomic E-state index is -0.0657. The van der Waals surface area contributed by atoms with E-state index in [1.165, 1.54) is 4.52 Å². The van der Waals surface area contributed by atoms with Crippen LogP contribution in [0.15, 0.2) is 28.8 Å². The molecule has 1 aliphatic heterocycles. The summed E-state index contributed by atoms with van der Waals surface area (Å²) in [4.78, 5) is 19.2. The Labute approximate surface area is 150 Å². The molecule has 2 N–H and O–H groups in total. The van der Waals surface area contributed by atoms with Gasteiger partial charge in [0.1, 0.15) is 5.76 Å². The fourth-order valence-electron chi connectivity index (χ4n) is 3.42. The molecule has 3 aromatic heterocycles. The minimum Gasteiger partial charge on any atom is -0.458 e. The number of nitrogen functional groups attached to an aromatic ring is 1. The number of ether oxygens (including phenoxy) is 1. The molecule has 8 heteroatoms. The number of amides is 1. The van der Waals surface area contributed by atoms with Crippen LogP contribution < -0.4 is 5.73 Å². The van der Waals surface area contributed by atoms with Crippen molar-refractivity contribution >= 4 is 17.2 Å². The number of likely N-dealkylation sites (tertiary alicyclic amines) is 1. The van der Waals surface area contributed by atoms with E-state index in [0.717, 1.165) is 25.1 Å². The van der Waals surface area contributed by atoms with Gasteiger partial charge in [0.25, 0.3) is 5.91 Å². The zero-order chi connectivity index (χ0) is 18.3. The highest BCUT2D eigenvalue weighted by Gasteiger charge is 2.30. The number of methoxy groups -OCH3 is 1. The second-order valence-corrected chi connectivity index (χ2v) is 6.55. The number of carbonyl (C=O) groups excluding carboxylic acids is 1. The van der Waals surface area contributed by atoms with Gasteiger partial charge in [-0.2, -0.15) is 0 Å². The maximum Gasteiger partial charge on any atom is 0.255 e. The van der Waals surface area contributed by atoms with Crippen molar-refractivity contribution in [1.82, 2.24) is 19.5 Å².